The SMILES string of the molecule is Cc1c(C(=O)N[C@H](c2cccc(F)c2)C2CC2)c2cccc(F)c2c(=O)n1-c1ccc(F)cc1. The summed E-state index contributed by atoms with van der Waals surface area (Å²) in [5.74, 6) is -1.97. The average Bonchev–Trinajstić information content (AvgIpc) is 3.64. The monoisotopic (exact) mass is 462 g/mol. The van der Waals surface area contributed by atoms with Gasteiger partial charge in [0.2, 0.25) is 0 Å². The van der Waals surface area contributed by atoms with Crippen molar-refractivity contribution < 1.29 is 18.0 Å². The Kier molecular flexibility index (Phi) is 5.48. The summed E-state index contributed by atoms with van der Waals surface area (Å²) in [7, 11) is 0. The van der Waals surface area contributed by atoms with E-state index in [1.165, 1.54) is 53.1 Å². The number of fused-ring (bicyclic) bond motifs is 1. The number of carbonyl (C=O) groups excluding carboxylic acids is 1. The van der Waals surface area contributed by atoms with Crippen LogP contribution < -0.4 is 10.9 Å². The zero-order chi connectivity index (χ0) is 24.0. The van der Waals surface area contributed by atoms with Crippen LogP contribution in [-0.4, -0.2) is 10.5 Å². The van der Waals surface area contributed by atoms with Crippen molar-refractivity contribution in [3.63, 3.8) is 0 Å². The fourth-order valence-electron chi connectivity index (χ4n) is 4.52. The van der Waals surface area contributed by atoms with Crippen LogP contribution in [0.2, 0.25) is 0 Å². The van der Waals surface area contributed by atoms with Gasteiger partial charge in [0.1, 0.15) is 17.5 Å². The minimum Gasteiger partial charge on any atom is -0.345 e. The van der Waals surface area contributed by atoms with Crippen molar-refractivity contribution in [1.82, 2.24) is 9.88 Å². The van der Waals surface area contributed by atoms with Crippen LogP contribution in [0.4, 0.5) is 13.2 Å². The van der Waals surface area contributed by atoms with E-state index >= 15 is 0 Å². The largest absolute Gasteiger partial charge is 0.345 e. The van der Waals surface area contributed by atoms with Crippen LogP contribution in [0.1, 0.15) is 40.5 Å². The van der Waals surface area contributed by atoms with E-state index < -0.39 is 35.0 Å². The lowest BCUT2D eigenvalue weighted by molar-refractivity contribution is 0.0932. The van der Waals surface area contributed by atoms with Crippen molar-refractivity contribution >= 4 is 16.7 Å². The van der Waals surface area contributed by atoms with Crippen LogP contribution >= 0.6 is 0 Å². The number of carbonyl (C=O) groups is 1. The van der Waals surface area contributed by atoms with Gasteiger partial charge in [-0.05, 0) is 73.7 Å². The molecule has 0 spiro atoms. The molecule has 1 fully saturated rings. The molecule has 1 aromatic heterocycles. The highest BCUT2D eigenvalue weighted by atomic mass is 19.1. The van der Waals surface area contributed by atoms with Gasteiger partial charge in [-0.3, -0.25) is 14.2 Å². The van der Waals surface area contributed by atoms with E-state index in [1.807, 2.05) is 0 Å². The highest BCUT2D eigenvalue weighted by Crippen LogP contribution is 2.41. The predicted molar refractivity (Wildman–Crippen MR) is 124 cm³/mol. The Labute approximate surface area is 193 Å². The third-order valence-corrected chi connectivity index (χ3v) is 6.30. The van der Waals surface area contributed by atoms with E-state index in [0.717, 1.165) is 18.9 Å². The first-order chi connectivity index (χ1) is 16.3. The summed E-state index contributed by atoms with van der Waals surface area (Å²) < 4.78 is 43.4. The quantitative estimate of drug-likeness (QED) is 0.420. The number of nitrogens with one attached hydrogen (secondary N) is 1. The molecule has 0 bridgehead atoms. The molecular formula is C27H21F3N2O2. The number of halogens is 3. The topological polar surface area (TPSA) is 51.1 Å². The van der Waals surface area contributed by atoms with Gasteiger partial charge in [-0.25, -0.2) is 13.2 Å². The van der Waals surface area contributed by atoms with Crippen LogP contribution in [0.15, 0.2) is 71.5 Å². The molecule has 0 saturated heterocycles. The van der Waals surface area contributed by atoms with Crippen LogP contribution in [0, 0.1) is 30.3 Å². The van der Waals surface area contributed by atoms with Crippen molar-refractivity contribution in [1.29, 1.82) is 0 Å². The molecule has 4 nitrogen and oxygen atoms in total. The van der Waals surface area contributed by atoms with Gasteiger partial charge in [-0.1, -0.05) is 24.3 Å². The summed E-state index contributed by atoms with van der Waals surface area (Å²) in [6, 6.07) is 15.0. The molecule has 7 heteroatoms. The fourth-order valence-corrected chi connectivity index (χ4v) is 4.52. The van der Waals surface area contributed by atoms with Crippen LogP contribution in [0.3, 0.4) is 0 Å². The lowest BCUT2D eigenvalue weighted by Crippen LogP contribution is -2.33. The molecule has 1 N–H and O–H groups in total. The molecule has 1 heterocycles. The fraction of sp³-hybridized carbons (Fsp3) is 0.185. The number of hydrogen-bond donors (Lipinski definition) is 1. The van der Waals surface area contributed by atoms with Crippen molar-refractivity contribution in [2.75, 3.05) is 0 Å². The lowest BCUT2D eigenvalue weighted by atomic mass is 9.99. The van der Waals surface area contributed by atoms with E-state index in [-0.39, 0.29) is 22.3 Å². The van der Waals surface area contributed by atoms with Gasteiger partial charge in [0.25, 0.3) is 11.5 Å². The third-order valence-electron chi connectivity index (χ3n) is 6.30. The van der Waals surface area contributed by atoms with E-state index in [4.69, 9.17) is 0 Å². The maximum atomic E-state index is 14.8. The summed E-state index contributed by atoms with van der Waals surface area (Å²) in [5.41, 5.74) is 0.752. The average molecular weight is 462 g/mol. The van der Waals surface area contributed by atoms with Gasteiger partial charge < -0.3 is 5.32 Å². The Morgan fingerprint density at radius 2 is 1.68 bits per heavy atom. The summed E-state index contributed by atoms with van der Waals surface area (Å²) in [6.07, 6.45) is 1.79. The Balaban J connectivity index is 1.68. The molecule has 1 atom stereocenters. The van der Waals surface area contributed by atoms with Gasteiger partial charge in [-0.15, -0.1) is 0 Å². The molecular weight excluding hydrogens is 441 g/mol. The number of benzene rings is 3. The minimum atomic E-state index is -0.753. The van der Waals surface area contributed by atoms with Gasteiger partial charge in [0.05, 0.1) is 17.0 Å². The molecule has 1 aliphatic carbocycles. The number of pyridine rings is 1. The summed E-state index contributed by atoms with van der Waals surface area (Å²) >= 11 is 0. The maximum absolute atomic E-state index is 14.8. The Hall–Kier alpha value is -3.87. The molecule has 4 aromatic rings. The van der Waals surface area contributed by atoms with Crippen LogP contribution in [-0.2, 0) is 0 Å². The van der Waals surface area contributed by atoms with Crippen LogP contribution in [0.5, 0.6) is 0 Å². The number of amides is 1. The van der Waals surface area contributed by atoms with E-state index in [2.05, 4.69) is 5.32 Å². The maximum Gasteiger partial charge on any atom is 0.266 e. The van der Waals surface area contributed by atoms with Gasteiger partial charge in [-0.2, -0.15) is 0 Å². The summed E-state index contributed by atoms with van der Waals surface area (Å²) in [5, 5.41) is 2.96. The molecule has 1 saturated carbocycles. The molecule has 34 heavy (non-hydrogen) atoms. The van der Waals surface area contributed by atoms with Crippen molar-refractivity contribution in [2.45, 2.75) is 25.8 Å². The molecule has 1 aliphatic rings. The molecule has 5 rings (SSSR count). The standard InChI is InChI=1S/C27H21F3N2O2/c1-15-23(26(33)31-25(16-8-9-16)17-4-2-5-19(29)14-17)21-6-3-7-22(30)24(21)27(34)32(15)20-12-10-18(28)11-13-20/h2-7,10-14,16,25H,8-9H2,1H3,(H,31,33)/t25-/m0/s1. The predicted octanol–water partition coefficient (Wildman–Crippen LogP) is 5.60. The Morgan fingerprint density at radius 1 is 0.971 bits per heavy atom. The Bertz CT molecular complexity index is 1470. The number of aromatic nitrogens is 1. The highest BCUT2D eigenvalue weighted by molar-refractivity contribution is 6.08. The highest BCUT2D eigenvalue weighted by Gasteiger charge is 2.34. The van der Waals surface area contributed by atoms with Crippen molar-refractivity contribution in [3.05, 3.63) is 111 Å². The smallest absolute Gasteiger partial charge is 0.266 e. The second kappa shape index (κ2) is 8.48. The first-order valence-corrected chi connectivity index (χ1v) is 11.0. The van der Waals surface area contributed by atoms with Gasteiger partial charge >= 0.3 is 0 Å². The van der Waals surface area contributed by atoms with Crippen molar-refractivity contribution in [3.8, 4) is 5.69 Å². The summed E-state index contributed by atoms with van der Waals surface area (Å²) in [4.78, 5) is 26.9. The molecule has 0 unspecified atom stereocenters. The first-order valence-electron chi connectivity index (χ1n) is 11.0. The Morgan fingerprint density at radius 3 is 2.35 bits per heavy atom. The third kappa shape index (κ3) is 3.87. The second-order valence-corrected chi connectivity index (χ2v) is 8.58. The second-order valence-electron chi connectivity index (χ2n) is 8.58. The first kappa shape index (κ1) is 21.9. The number of nitrogens with zero attached hydrogens (tertiary/aromatic N) is 1. The lowest BCUT2D eigenvalue weighted by Gasteiger charge is -2.22. The number of rotatable bonds is 5. The van der Waals surface area contributed by atoms with Crippen LogP contribution in [0.25, 0.3) is 16.5 Å². The molecule has 3 aromatic carbocycles. The number of hydrogen-bond acceptors (Lipinski definition) is 2. The van der Waals surface area contributed by atoms with Crippen molar-refractivity contribution in [2.24, 2.45) is 5.92 Å². The zero-order valence-electron chi connectivity index (χ0n) is 18.3. The summed E-state index contributed by atoms with van der Waals surface area (Å²) in [6.45, 7) is 1.60. The molecule has 0 radical (unpaired) electrons. The zero-order valence-corrected chi connectivity index (χ0v) is 18.3. The van der Waals surface area contributed by atoms with E-state index in [1.54, 1.807) is 19.1 Å². The molecule has 0 aliphatic heterocycles. The normalized spacial score (nSPS) is 14.2. The van der Waals surface area contributed by atoms with E-state index in [9.17, 15) is 22.8 Å². The minimum absolute atomic E-state index is 0.139. The van der Waals surface area contributed by atoms with Gasteiger partial charge in [0.15, 0.2) is 0 Å². The van der Waals surface area contributed by atoms with E-state index in [0.29, 0.717) is 16.9 Å². The molecule has 1 amide bonds. The molecule has 172 valence electrons. The van der Waals surface area contributed by atoms with Gasteiger partial charge in [0, 0.05) is 16.8 Å².